The van der Waals surface area contributed by atoms with Gasteiger partial charge in [0.25, 0.3) is 0 Å². The molecular formula is C19H25N3O5. The number of hydrogen-bond donors (Lipinski definition) is 2. The molecule has 0 saturated carbocycles. The summed E-state index contributed by atoms with van der Waals surface area (Å²) in [7, 11) is 1.67. The number of carboxylic acid groups (broad SMARTS) is 1. The second-order valence-electron chi connectivity index (χ2n) is 7.00. The summed E-state index contributed by atoms with van der Waals surface area (Å²) in [5, 5.41) is 12.4. The molecule has 2 aliphatic rings. The molecule has 8 heteroatoms. The predicted octanol–water partition coefficient (Wildman–Crippen LogP) is 2.01. The lowest BCUT2D eigenvalue weighted by molar-refractivity contribution is -0.145. The van der Waals surface area contributed by atoms with E-state index in [4.69, 9.17) is 4.74 Å². The first kappa shape index (κ1) is 19.0. The van der Waals surface area contributed by atoms with Gasteiger partial charge in [-0.1, -0.05) is 12.1 Å². The molecule has 0 bridgehead atoms. The van der Waals surface area contributed by atoms with Crippen LogP contribution in [0.2, 0.25) is 0 Å². The van der Waals surface area contributed by atoms with E-state index in [0.717, 1.165) is 0 Å². The molecule has 1 aromatic rings. The summed E-state index contributed by atoms with van der Waals surface area (Å²) in [6, 6.07) is 6.97. The lowest BCUT2D eigenvalue weighted by atomic mass is 9.77. The predicted molar refractivity (Wildman–Crippen MR) is 98.7 cm³/mol. The molecule has 1 spiro atoms. The van der Waals surface area contributed by atoms with Crippen molar-refractivity contribution in [2.24, 2.45) is 5.92 Å². The number of carbonyl (C=O) groups excluding carboxylic acids is 2. The summed E-state index contributed by atoms with van der Waals surface area (Å²) in [6.45, 7) is 3.16. The van der Waals surface area contributed by atoms with Gasteiger partial charge in [0.2, 0.25) is 5.91 Å². The van der Waals surface area contributed by atoms with E-state index >= 15 is 0 Å². The number of carboxylic acids is 1. The number of amides is 3. The van der Waals surface area contributed by atoms with Crippen LogP contribution in [0.3, 0.4) is 0 Å². The van der Waals surface area contributed by atoms with Crippen molar-refractivity contribution < 1.29 is 24.2 Å². The number of benzene rings is 1. The normalized spacial score (nSPS) is 21.4. The van der Waals surface area contributed by atoms with Gasteiger partial charge < -0.3 is 25.0 Å². The Labute approximate surface area is 158 Å². The van der Waals surface area contributed by atoms with Crippen LogP contribution in [-0.4, -0.2) is 65.1 Å². The van der Waals surface area contributed by atoms with E-state index in [0.29, 0.717) is 44.0 Å². The number of likely N-dealkylation sites (tertiary alicyclic amines) is 2. The molecule has 1 atom stereocenters. The molecule has 2 fully saturated rings. The summed E-state index contributed by atoms with van der Waals surface area (Å²) in [5.41, 5.74) is -0.107. The van der Waals surface area contributed by atoms with E-state index in [2.05, 4.69) is 5.32 Å². The zero-order chi connectivity index (χ0) is 19.6. The average molecular weight is 375 g/mol. The SMILES string of the molecule is CCOc1ccccc1NC(=O)N1CCC2(CC1)[C@@H](C(=O)O)CC(=O)N2C. The summed E-state index contributed by atoms with van der Waals surface area (Å²) in [4.78, 5) is 39.6. The number of nitrogens with one attached hydrogen (secondary N) is 1. The first-order valence-electron chi connectivity index (χ1n) is 9.16. The zero-order valence-corrected chi connectivity index (χ0v) is 15.6. The van der Waals surface area contributed by atoms with Gasteiger partial charge in [-0.05, 0) is 31.9 Å². The van der Waals surface area contributed by atoms with Gasteiger partial charge >= 0.3 is 12.0 Å². The zero-order valence-electron chi connectivity index (χ0n) is 15.6. The Bertz CT molecular complexity index is 743. The van der Waals surface area contributed by atoms with Gasteiger partial charge in [-0.25, -0.2) is 4.79 Å². The van der Waals surface area contributed by atoms with E-state index in [-0.39, 0.29) is 18.4 Å². The lowest BCUT2D eigenvalue weighted by Crippen LogP contribution is -2.57. The maximum Gasteiger partial charge on any atom is 0.321 e. The van der Waals surface area contributed by atoms with Crippen LogP contribution in [0.5, 0.6) is 5.75 Å². The number of carbonyl (C=O) groups is 3. The minimum Gasteiger partial charge on any atom is -0.492 e. The van der Waals surface area contributed by atoms with Crippen LogP contribution in [-0.2, 0) is 9.59 Å². The van der Waals surface area contributed by atoms with Crippen LogP contribution in [0.1, 0.15) is 26.2 Å². The van der Waals surface area contributed by atoms with Crippen molar-refractivity contribution >= 4 is 23.6 Å². The van der Waals surface area contributed by atoms with Crippen LogP contribution < -0.4 is 10.1 Å². The van der Waals surface area contributed by atoms with E-state index in [9.17, 15) is 19.5 Å². The number of hydrogen-bond acceptors (Lipinski definition) is 4. The fourth-order valence-corrected chi connectivity index (χ4v) is 4.13. The van der Waals surface area contributed by atoms with Crippen molar-refractivity contribution in [2.45, 2.75) is 31.7 Å². The fourth-order valence-electron chi connectivity index (χ4n) is 4.13. The molecular weight excluding hydrogens is 350 g/mol. The van der Waals surface area contributed by atoms with E-state index in [1.807, 2.05) is 19.1 Å². The number of aliphatic carboxylic acids is 1. The molecule has 0 radical (unpaired) electrons. The number of anilines is 1. The number of nitrogens with zero attached hydrogens (tertiary/aromatic N) is 2. The molecule has 0 unspecified atom stereocenters. The maximum absolute atomic E-state index is 12.7. The van der Waals surface area contributed by atoms with Gasteiger partial charge in [0.15, 0.2) is 0 Å². The topological polar surface area (TPSA) is 99.2 Å². The summed E-state index contributed by atoms with van der Waals surface area (Å²) in [6.07, 6.45) is 0.930. The molecule has 146 valence electrons. The lowest BCUT2D eigenvalue weighted by Gasteiger charge is -2.45. The smallest absolute Gasteiger partial charge is 0.321 e. The Balaban J connectivity index is 1.68. The second-order valence-corrected chi connectivity index (χ2v) is 7.00. The van der Waals surface area contributed by atoms with E-state index < -0.39 is 17.4 Å². The van der Waals surface area contributed by atoms with Crippen molar-refractivity contribution in [1.29, 1.82) is 0 Å². The van der Waals surface area contributed by atoms with Crippen LogP contribution >= 0.6 is 0 Å². The summed E-state index contributed by atoms with van der Waals surface area (Å²) >= 11 is 0. The van der Waals surface area contributed by atoms with Crippen LogP contribution in [0.4, 0.5) is 10.5 Å². The molecule has 2 N–H and O–H groups in total. The third-order valence-corrected chi connectivity index (χ3v) is 5.71. The Morgan fingerprint density at radius 1 is 1.30 bits per heavy atom. The minimum atomic E-state index is -0.948. The molecule has 0 aromatic heterocycles. The van der Waals surface area contributed by atoms with Gasteiger partial charge in [0.05, 0.1) is 23.8 Å². The molecule has 27 heavy (non-hydrogen) atoms. The van der Waals surface area contributed by atoms with Crippen molar-refractivity contribution in [3.05, 3.63) is 24.3 Å². The fraction of sp³-hybridized carbons (Fsp3) is 0.526. The molecule has 8 nitrogen and oxygen atoms in total. The number of para-hydroxylation sites is 2. The highest BCUT2D eigenvalue weighted by molar-refractivity contribution is 5.91. The van der Waals surface area contributed by atoms with Crippen LogP contribution in [0.15, 0.2) is 24.3 Å². The first-order chi connectivity index (χ1) is 12.9. The Hall–Kier alpha value is -2.77. The Kier molecular flexibility index (Phi) is 5.25. The van der Waals surface area contributed by atoms with Crippen molar-refractivity contribution in [1.82, 2.24) is 9.80 Å². The van der Waals surface area contributed by atoms with Crippen LogP contribution in [0, 0.1) is 5.92 Å². The minimum absolute atomic E-state index is 0.0275. The van der Waals surface area contributed by atoms with Gasteiger partial charge in [-0.3, -0.25) is 9.59 Å². The van der Waals surface area contributed by atoms with Crippen molar-refractivity contribution in [3.8, 4) is 5.75 Å². The third-order valence-electron chi connectivity index (χ3n) is 5.71. The first-order valence-corrected chi connectivity index (χ1v) is 9.16. The standard InChI is InChI=1S/C19H25N3O5/c1-3-27-15-7-5-4-6-14(15)20-18(26)22-10-8-19(9-11-22)13(17(24)25)12-16(23)21(19)2/h4-7,13H,3,8-12H2,1-2H3,(H,20,26)(H,24,25)/t13-/m1/s1. The molecule has 3 amide bonds. The molecule has 0 aliphatic carbocycles. The van der Waals surface area contributed by atoms with Gasteiger partial charge in [0, 0.05) is 26.6 Å². The number of urea groups is 1. The maximum atomic E-state index is 12.7. The number of rotatable bonds is 4. The quantitative estimate of drug-likeness (QED) is 0.839. The Morgan fingerprint density at radius 2 is 1.96 bits per heavy atom. The number of piperidine rings is 1. The Morgan fingerprint density at radius 3 is 2.59 bits per heavy atom. The van der Waals surface area contributed by atoms with Gasteiger partial charge in [-0.15, -0.1) is 0 Å². The molecule has 2 saturated heterocycles. The highest BCUT2D eigenvalue weighted by Gasteiger charge is 2.55. The largest absolute Gasteiger partial charge is 0.492 e. The summed E-state index contributed by atoms with van der Waals surface area (Å²) < 4.78 is 5.52. The van der Waals surface area contributed by atoms with Crippen molar-refractivity contribution in [2.75, 3.05) is 32.1 Å². The van der Waals surface area contributed by atoms with Gasteiger partial charge in [-0.2, -0.15) is 0 Å². The average Bonchev–Trinajstić information content (AvgIpc) is 2.89. The monoisotopic (exact) mass is 375 g/mol. The second kappa shape index (κ2) is 7.46. The third kappa shape index (κ3) is 3.43. The highest BCUT2D eigenvalue weighted by Crippen LogP contribution is 2.42. The highest BCUT2D eigenvalue weighted by atomic mass is 16.5. The molecule has 3 rings (SSSR count). The molecule has 2 aliphatic heterocycles. The van der Waals surface area contributed by atoms with Gasteiger partial charge in [0.1, 0.15) is 5.75 Å². The molecule has 1 aromatic carbocycles. The summed E-state index contributed by atoms with van der Waals surface area (Å²) in [5.74, 6) is -1.21. The van der Waals surface area contributed by atoms with E-state index in [1.54, 1.807) is 29.0 Å². The molecule has 2 heterocycles. The van der Waals surface area contributed by atoms with Crippen molar-refractivity contribution in [3.63, 3.8) is 0 Å². The van der Waals surface area contributed by atoms with E-state index in [1.165, 1.54) is 0 Å². The number of ether oxygens (including phenoxy) is 1. The van der Waals surface area contributed by atoms with Crippen LogP contribution in [0.25, 0.3) is 0 Å².